The molecule has 0 bridgehead atoms. The number of hydrogen-bond acceptors (Lipinski definition) is 5. The van der Waals surface area contributed by atoms with Crippen LogP contribution in [0.3, 0.4) is 0 Å². The summed E-state index contributed by atoms with van der Waals surface area (Å²) in [6.07, 6.45) is 1.35. The van der Waals surface area contributed by atoms with Crippen molar-refractivity contribution in [2.24, 2.45) is 16.6 Å². The average Bonchev–Trinajstić information content (AvgIpc) is 2.50. The highest BCUT2D eigenvalue weighted by atomic mass is 16.2. The number of nitrogens with zero attached hydrogens (tertiary/aromatic N) is 3. The van der Waals surface area contributed by atoms with Gasteiger partial charge in [-0.3, -0.25) is 15.0 Å². The molecule has 2 aliphatic heterocycles. The van der Waals surface area contributed by atoms with Crippen molar-refractivity contribution in [1.82, 2.24) is 10.2 Å². The summed E-state index contributed by atoms with van der Waals surface area (Å²) in [7, 11) is 0. The predicted octanol–water partition coefficient (Wildman–Crippen LogP) is 0.605. The number of likely N-dealkylation sites (tertiary alicyclic amines) is 1. The predicted molar refractivity (Wildman–Crippen MR) is 82.6 cm³/mol. The lowest BCUT2D eigenvalue weighted by atomic mass is 9.76. The summed E-state index contributed by atoms with van der Waals surface area (Å²) < 4.78 is 0. The molecule has 0 unspecified atom stereocenters. The minimum atomic E-state index is -0.751. The summed E-state index contributed by atoms with van der Waals surface area (Å²) in [5.41, 5.74) is 6.31. The zero-order valence-corrected chi connectivity index (χ0v) is 12.3. The number of nitrogens with two attached hydrogens (primary N) is 1. The number of benzene rings is 1. The van der Waals surface area contributed by atoms with E-state index in [2.05, 4.69) is 33.4 Å². The van der Waals surface area contributed by atoms with Crippen LogP contribution in [0.4, 0.5) is 0 Å². The van der Waals surface area contributed by atoms with Gasteiger partial charge in [-0.1, -0.05) is 30.3 Å². The van der Waals surface area contributed by atoms with Crippen LogP contribution in [0.2, 0.25) is 0 Å². The van der Waals surface area contributed by atoms with E-state index in [0.717, 1.165) is 19.6 Å². The molecule has 114 valence electrons. The van der Waals surface area contributed by atoms with Crippen LogP contribution in [0.15, 0.2) is 35.3 Å². The molecule has 1 aromatic carbocycles. The standard InChI is InChI=1S/C16H19N5O/c17-10-13-14(22)19-15(18)20-16(13)6-8-21(9-7-16)11-12-4-2-1-3-5-12/h1-5,13H,6-9,11H2,(H3,18,19,20,22)/t13-/m1/s1. The van der Waals surface area contributed by atoms with Crippen LogP contribution in [0.1, 0.15) is 18.4 Å². The van der Waals surface area contributed by atoms with E-state index in [4.69, 9.17) is 5.73 Å². The summed E-state index contributed by atoms with van der Waals surface area (Å²) in [5.74, 6) is -0.946. The largest absolute Gasteiger partial charge is 0.370 e. The summed E-state index contributed by atoms with van der Waals surface area (Å²) >= 11 is 0. The van der Waals surface area contributed by atoms with Gasteiger partial charge in [-0.2, -0.15) is 5.26 Å². The third kappa shape index (κ3) is 2.68. The second-order valence-electron chi connectivity index (χ2n) is 5.91. The molecule has 0 aliphatic carbocycles. The van der Waals surface area contributed by atoms with Crippen molar-refractivity contribution >= 4 is 11.9 Å². The second-order valence-corrected chi connectivity index (χ2v) is 5.91. The lowest BCUT2D eigenvalue weighted by molar-refractivity contribution is -0.125. The van der Waals surface area contributed by atoms with Crippen molar-refractivity contribution < 1.29 is 4.79 Å². The molecule has 1 aromatic rings. The topological polar surface area (TPSA) is 94.5 Å². The van der Waals surface area contributed by atoms with Gasteiger partial charge in [-0.25, -0.2) is 4.99 Å². The van der Waals surface area contributed by atoms with Crippen LogP contribution in [0.5, 0.6) is 0 Å². The Morgan fingerprint density at radius 2 is 2.05 bits per heavy atom. The van der Waals surface area contributed by atoms with Gasteiger partial charge in [0.1, 0.15) is 0 Å². The zero-order chi connectivity index (χ0) is 15.6. The van der Waals surface area contributed by atoms with E-state index < -0.39 is 11.5 Å². The quantitative estimate of drug-likeness (QED) is 0.836. The molecule has 3 N–H and O–H groups in total. The normalized spacial score (nSPS) is 24.4. The summed E-state index contributed by atoms with van der Waals surface area (Å²) in [6.45, 7) is 2.48. The third-order valence-corrected chi connectivity index (χ3v) is 4.49. The molecule has 22 heavy (non-hydrogen) atoms. The van der Waals surface area contributed by atoms with E-state index in [1.807, 2.05) is 18.2 Å². The lowest BCUT2D eigenvalue weighted by Gasteiger charge is -2.42. The molecule has 1 saturated heterocycles. The first kappa shape index (κ1) is 14.5. The molecule has 6 nitrogen and oxygen atoms in total. The number of piperidine rings is 1. The van der Waals surface area contributed by atoms with E-state index >= 15 is 0 Å². The molecule has 6 heteroatoms. The van der Waals surface area contributed by atoms with E-state index in [1.54, 1.807) is 0 Å². The van der Waals surface area contributed by atoms with Crippen LogP contribution in [0, 0.1) is 17.2 Å². The number of aliphatic imine (C=N–C) groups is 1. The van der Waals surface area contributed by atoms with Gasteiger partial charge in [0.15, 0.2) is 11.9 Å². The van der Waals surface area contributed by atoms with Crippen molar-refractivity contribution in [2.45, 2.75) is 24.9 Å². The molecule has 1 amide bonds. The highest BCUT2D eigenvalue weighted by molar-refractivity contribution is 6.01. The SMILES string of the molecule is N#C[C@@H]1C(=O)NC(N)=NC12CCN(Cc1ccccc1)CC2. The minimum Gasteiger partial charge on any atom is -0.370 e. The first-order chi connectivity index (χ1) is 10.6. The van der Waals surface area contributed by atoms with Gasteiger partial charge in [-0.15, -0.1) is 0 Å². The molecular formula is C16H19N5O. The van der Waals surface area contributed by atoms with Crippen LogP contribution in [-0.2, 0) is 11.3 Å². The Balaban J connectivity index is 1.71. The Hall–Kier alpha value is -2.39. The van der Waals surface area contributed by atoms with Gasteiger partial charge >= 0.3 is 0 Å². The van der Waals surface area contributed by atoms with Crippen LogP contribution in [-0.4, -0.2) is 35.4 Å². The maximum atomic E-state index is 12.0. The lowest BCUT2D eigenvalue weighted by Crippen LogP contribution is -2.58. The molecule has 0 radical (unpaired) electrons. The molecule has 0 saturated carbocycles. The van der Waals surface area contributed by atoms with Gasteiger partial charge in [0.05, 0.1) is 11.6 Å². The Morgan fingerprint density at radius 1 is 1.36 bits per heavy atom. The summed E-state index contributed by atoms with van der Waals surface area (Å²) in [4.78, 5) is 18.7. The number of hydrogen-bond donors (Lipinski definition) is 2. The average molecular weight is 297 g/mol. The fourth-order valence-corrected chi connectivity index (χ4v) is 3.29. The Kier molecular flexibility index (Phi) is 3.82. The molecule has 3 rings (SSSR count). The van der Waals surface area contributed by atoms with Gasteiger partial charge in [0.2, 0.25) is 5.91 Å². The molecular weight excluding hydrogens is 278 g/mol. The number of carbonyl (C=O) groups is 1. The van der Waals surface area contributed by atoms with Gasteiger partial charge in [-0.05, 0) is 18.4 Å². The van der Waals surface area contributed by atoms with E-state index in [-0.39, 0.29) is 11.9 Å². The van der Waals surface area contributed by atoms with E-state index in [1.165, 1.54) is 5.56 Å². The minimum absolute atomic E-state index is 0.132. The number of carbonyl (C=O) groups excluding carboxylic acids is 1. The van der Waals surface area contributed by atoms with Crippen molar-refractivity contribution in [3.8, 4) is 6.07 Å². The highest BCUT2D eigenvalue weighted by Gasteiger charge is 2.48. The number of guanidine groups is 1. The monoisotopic (exact) mass is 297 g/mol. The van der Waals surface area contributed by atoms with Gasteiger partial charge in [0.25, 0.3) is 0 Å². The number of rotatable bonds is 2. The van der Waals surface area contributed by atoms with Crippen LogP contribution < -0.4 is 11.1 Å². The highest BCUT2D eigenvalue weighted by Crippen LogP contribution is 2.36. The van der Waals surface area contributed by atoms with Crippen LogP contribution in [0.25, 0.3) is 0 Å². The number of amides is 1. The Bertz CT molecular complexity index is 626. The fraction of sp³-hybridized carbons (Fsp3) is 0.438. The fourth-order valence-electron chi connectivity index (χ4n) is 3.29. The molecule has 1 atom stereocenters. The van der Waals surface area contributed by atoms with E-state index in [0.29, 0.717) is 12.8 Å². The maximum Gasteiger partial charge on any atom is 0.246 e. The van der Waals surface area contributed by atoms with Crippen molar-refractivity contribution in [2.75, 3.05) is 13.1 Å². The van der Waals surface area contributed by atoms with Crippen molar-refractivity contribution in [3.05, 3.63) is 35.9 Å². The smallest absolute Gasteiger partial charge is 0.246 e. The van der Waals surface area contributed by atoms with Crippen LogP contribution >= 0.6 is 0 Å². The first-order valence-electron chi connectivity index (χ1n) is 7.45. The first-order valence-corrected chi connectivity index (χ1v) is 7.45. The Morgan fingerprint density at radius 3 is 2.68 bits per heavy atom. The zero-order valence-electron chi connectivity index (χ0n) is 12.3. The summed E-state index contributed by atoms with van der Waals surface area (Å²) in [6, 6.07) is 12.4. The molecule has 1 spiro atoms. The van der Waals surface area contributed by atoms with Gasteiger partial charge < -0.3 is 5.73 Å². The number of nitrogens with one attached hydrogen (secondary N) is 1. The van der Waals surface area contributed by atoms with Crippen molar-refractivity contribution in [3.63, 3.8) is 0 Å². The molecule has 2 heterocycles. The van der Waals surface area contributed by atoms with Crippen molar-refractivity contribution in [1.29, 1.82) is 5.26 Å². The summed E-state index contributed by atoms with van der Waals surface area (Å²) in [5, 5.41) is 11.8. The molecule has 0 aromatic heterocycles. The maximum absolute atomic E-state index is 12.0. The third-order valence-electron chi connectivity index (χ3n) is 4.49. The molecule has 1 fully saturated rings. The van der Waals surface area contributed by atoms with Gasteiger partial charge in [0, 0.05) is 19.6 Å². The Labute approximate surface area is 129 Å². The molecule has 2 aliphatic rings. The second kappa shape index (κ2) is 5.78. The number of nitriles is 1. The van der Waals surface area contributed by atoms with E-state index in [9.17, 15) is 10.1 Å².